The van der Waals surface area contributed by atoms with Gasteiger partial charge in [0, 0.05) is 37.7 Å². The zero-order valence-electron chi connectivity index (χ0n) is 16.8. The predicted molar refractivity (Wildman–Crippen MR) is 129 cm³/mol. The first-order valence-corrected chi connectivity index (χ1v) is 12.2. The van der Waals surface area contributed by atoms with E-state index < -0.39 is 10.0 Å². The third-order valence-corrected chi connectivity index (χ3v) is 6.83. The maximum atomic E-state index is 12.9. The van der Waals surface area contributed by atoms with E-state index in [9.17, 15) is 12.8 Å². The van der Waals surface area contributed by atoms with Gasteiger partial charge in [0.15, 0.2) is 5.96 Å². The second kappa shape index (κ2) is 13.5. The van der Waals surface area contributed by atoms with E-state index in [4.69, 9.17) is 4.74 Å². The van der Waals surface area contributed by atoms with Gasteiger partial charge in [0.2, 0.25) is 10.0 Å². The van der Waals surface area contributed by atoms with Gasteiger partial charge < -0.3 is 15.4 Å². The zero-order valence-corrected chi connectivity index (χ0v) is 20.7. The first-order chi connectivity index (χ1) is 13.4. The highest BCUT2D eigenvalue weighted by Gasteiger charge is 2.23. The molecule has 1 aromatic rings. The number of nitrogens with zero attached hydrogens (tertiary/aromatic N) is 2. The Labute approximate surface area is 194 Å². The quantitative estimate of drug-likeness (QED) is 0.274. The molecule has 2 N–H and O–H groups in total. The average molecular weight is 560 g/mol. The number of halogens is 2. The van der Waals surface area contributed by atoms with Crippen LogP contribution in [-0.2, 0) is 10.0 Å². The Bertz CT molecular complexity index is 729. The van der Waals surface area contributed by atoms with Crippen LogP contribution in [0.5, 0.6) is 5.75 Å². The summed E-state index contributed by atoms with van der Waals surface area (Å²) in [4.78, 5) is 4.44. The molecule has 1 saturated heterocycles. The fourth-order valence-electron chi connectivity index (χ4n) is 2.60. The summed E-state index contributed by atoms with van der Waals surface area (Å²) in [5.41, 5.74) is 0. The van der Waals surface area contributed by atoms with Gasteiger partial charge in [-0.2, -0.15) is 11.8 Å². The predicted octanol–water partition coefficient (Wildman–Crippen LogP) is 2.14. The molecule has 166 valence electrons. The van der Waals surface area contributed by atoms with Crippen molar-refractivity contribution in [2.45, 2.75) is 20.0 Å². The molecule has 29 heavy (non-hydrogen) atoms. The number of nitrogens with one attached hydrogen (secondary N) is 2. The van der Waals surface area contributed by atoms with Crippen LogP contribution < -0.4 is 15.4 Å². The van der Waals surface area contributed by atoms with Crippen molar-refractivity contribution in [3.8, 4) is 5.75 Å². The second-order valence-corrected chi connectivity index (χ2v) is 9.67. The molecule has 1 fully saturated rings. The van der Waals surface area contributed by atoms with Gasteiger partial charge >= 0.3 is 0 Å². The SMILES string of the molecule is CCNC(=NCC(C)Oc1ccc(F)cc1)NCCS(=O)(=O)N1CCSCC1.I. The van der Waals surface area contributed by atoms with Crippen molar-refractivity contribution < 1.29 is 17.5 Å². The van der Waals surface area contributed by atoms with Crippen LogP contribution in [0, 0.1) is 5.82 Å². The lowest BCUT2D eigenvalue weighted by Crippen LogP contribution is -2.44. The van der Waals surface area contributed by atoms with E-state index in [1.165, 1.54) is 12.1 Å². The van der Waals surface area contributed by atoms with Gasteiger partial charge in [-0.1, -0.05) is 0 Å². The normalized spacial score (nSPS) is 16.6. The van der Waals surface area contributed by atoms with Crippen molar-refractivity contribution in [2.75, 3.05) is 50.0 Å². The van der Waals surface area contributed by atoms with E-state index in [1.54, 1.807) is 28.2 Å². The maximum Gasteiger partial charge on any atom is 0.215 e. The minimum absolute atomic E-state index is 0. The van der Waals surface area contributed by atoms with Gasteiger partial charge in [-0.3, -0.25) is 0 Å². The summed E-state index contributed by atoms with van der Waals surface area (Å²) < 4.78 is 45.0. The lowest BCUT2D eigenvalue weighted by molar-refractivity contribution is 0.230. The lowest BCUT2D eigenvalue weighted by Gasteiger charge is -2.25. The van der Waals surface area contributed by atoms with E-state index in [0.29, 0.717) is 37.9 Å². The summed E-state index contributed by atoms with van der Waals surface area (Å²) in [5.74, 6) is 2.54. The monoisotopic (exact) mass is 560 g/mol. The van der Waals surface area contributed by atoms with Crippen molar-refractivity contribution in [3.63, 3.8) is 0 Å². The lowest BCUT2D eigenvalue weighted by atomic mass is 10.3. The Morgan fingerprint density at radius 2 is 1.93 bits per heavy atom. The molecule has 7 nitrogen and oxygen atoms in total. The van der Waals surface area contributed by atoms with Crippen molar-refractivity contribution in [1.29, 1.82) is 0 Å². The summed E-state index contributed by atoms with van der Waals surface area (Å²) in [5, 5.41) is 6.16. The minimum atomic E-state index is -3.25. The van der Waals surface area contributed by atoms with Crippen molar-refractivity contribution >= 4 is 51.7 Å². The summed E-state index contributed by atoms with van der Waals surface area (Å²) in [7, 11) is -3.25. The molecular formula is C18H30FIN4O3S2. The number of benzene rings is 1. The topological polar surface area (TPSA) is 83.0 Å². The van der Waals surface area contributed by atoms with Crippen LogP contribution in [0.3, 0.4) is 0 Å². The van der Waals surface area contributed by atoms with Crippen molar-refractivity contribution in [1.82, 2.24) is 14.9 Å². The van der Waals surface area contributed by atoms with Gasteiger partial charge in [0.05, 0.1) is 12.3 Å². The van der Waals surface area contributed by atoms with Crippen LogP contribution in [0.2, 0.25) is 0 Å². The Balaban J connectivity index is 0.00000420. The van der Waals surface area contributed by atoms with Crippen LogP contribution in [0.15, 0.2) is 29.3 Å². The molecule has 1 heterocycles. The summed E-state index contributed by atoms with van der Waals surface area (Å²) >= 11 is 1.78. The summed E-state index contributed by atoms with van der Waals surface area (Å²) in [6, 6.07) is 5.84. The van der Waals surface area contributed by atoms with E-state index in [-0.39, 0.29) is 48.2 Å². The highest BCUT2D eigenvalue weighted by atomic mass is 127. The number of ether oxygens (including phenoxy) is 1. The molecular weight excluding hydrogens is 530 g/mol. The highest BCUT2D eigenvalue weighted by molar-refractivity contribution is 14.0. The first-order valence-electron chi connectivity index (χ1n) is 9.40. The van der Waals surface area contributed by atoms with Gasteiger partial charge in [0.1, 0.15) is 17.7 Å². The largest absolute Gasteiger partial charge is 0.489 e. The number of guanidine groups is 1. The van der Waals surface area contributed by atoms with E-state index in [1.807, 2.05) is 13.8 Å². The number of rotatable bonds is 9. The zero-order chi connectivity index (χ0) is 20.4. The molecule has 0 bridgehead atoms. The van der Waals surface area contributed by atoms with Crippen LogP contribution in [-0.4, -0.2) is 74.8 Å². The number of hydrogen-bond acceptors (Lipinski definition) is 5. The number of hydrogen-bond donors (Lipinski definition) is 2. The molecule has 1 unspecified atom stereocenters. The molecule has 0 saturated carbocycles. The standard InChI is InChI=1S/C18H29FN4O3S2.HI/c1-3-20-18(21-8-13-28(24,25)23-9-11-27-12-10-23)22-14-15(2)26-17-6-4-16(19)5-7-17;/h4-7,15H,3,8-14H2,1-2H3,(H2,20,21,22);1H. The van der Waals surface area contributed by atoms with Gasteiger partial charge in [-0.15, -0.1) is 24.0 Å². The molecule has 1 aromatic carbocycles. The van der Waals surface area contributed by atoms with Gasteiger partial charge in [-0.05, 0) is 38.1 Å². The van der Waals surface area contributed by atoms with Crippen LogP contribution in [0.1, 0.15) is 13.8 Å². The van der Waals surface area contributed by atoms with Gasteiger partial charge in [0.25, 0.3) is 0 Å². The molecule has 0 spiro atoms. The first kappa shape index (κ1) is 26.2. The average Bonchev–Trinajstić information content (AvgIpc) is 2.68. The van der Waals surface area contributed by atoms with Crippen LogP contribution >= 0.6 is 35.7 Å². The number of thioether (sulfide) groups is 1. The van der Waals surface area contributed by atoms with E-state index >= 15 is 0 Å². The summed E-state index contributed by atoms with van der Waals surface area (Å²) in [6.45, 7) is 6.30. The molecule has 1 aliphatic rings. The van der Waals surface area contributed by atoms with E-state index in [0.717, 1.165) is 11.5 Å². The Morgan fingerprint density at radius 3 is 2.55 bits per heavy atom. The maximum absolute atomic E-state index is 12.9. The highest BCUT2D eigenvalue weighted by Crippen LogP contribution is 2.14. The Morgan fingerprint density at radius 1 is 1.28 bits per heavy atom. The Hall–Kier alpha value is -0.790. The van der Waals surface area contributed by atoms with Crippen molar-refractivity contribution in [2.24, 2.45) is 4.99 Å². The molecule has 0 amide bonds. The third-order valence-electron chi connectivity index (χ3n) is 4.02. The second-order valence-electron chi connectivity index (χ2n) is 6.36. The van der Waals surface area contributed by atoms with Gasteiger partial charge in [-0.25, -0.2) is 22.1 Å². The number of sulfonamides is 1. The minimum Gasteiger partial charge on any atom is -0.489 e. The Kier molecular flexibility index (Phi) is 12.2. The van der Waals surface area contributed by atoms with Crippen LogP contribution in [0.25, 0.3) is 0 Å². The number of aliphatic imine (C=N–C) groups is 1. The van der Waals surface area contributed by atoms with Crippen LogP contribution in [0.4, 0.5) is 4.39 Å². The molecule has 0 aliphatic carbocycles. The fraction of sp³-hybridized carbons (Fsp3) is 0.611. The third kappa shape index (κ3) is 9.71. The molecule has 11 heteroatoms. The smallest absolute Gasteiger partial charge is 0.215 e. The van der Waals surface area contributed by atoms with E-state index in [2.05, 4.69) is 15.6 Å². The fourth-order valence-corrected chi connectivity index (χ4v) is 5.09. The molecule has 1 atom stereocenters. The molecule has 0 radical (unpaired) electrons. The summed E-state index contributed by atoms with van der Waals surface area (Å²) in [6.07, 6.45) is -0.213. The molecule has 0 aromatic heterocycles. The molecule has 2 rings (SSSR count). The van der Waals surface area contributed by atoms with Crippen molar-refractivity contribution in [3.05, 3.63) is 30.1 Å². The molecule has 1 aliphatic heterocycles.